The molecule has 0 fully saturated rings. The summed E-state index contributed by atoms with van der Waals surface area (Å²) in [5, 5.41) is 4.67. The van der Waals surface area contributed by atoms with Crippen LogP contribution in [-0.4, -0.2) is 14.6 Å². The molecule has 0 amide bonds. The molecule has 1 aliphatic carbocycles. The monoisotopic (exact) mass is 259 g/mol. The number of hydrogen-bond donors (Lipinski definition) is 2. The lowest BCUT2D eigenvalue weighted by Gasteiger charge is -2.18. The molecule has 0 saturated carbocycles. The minimum absolute atomic E-state index is 0.0140. The molecule has 0 atom stereocenters. The van der Waals surface area contributed by atoms with Gasteiger partial charge < -0.3 is 5.43 Å². The average molecular weight is 259 g/mol. The van der Waals surface area contributed by atoms with E-state index in [1.807, 2.05) is 4.52 Å². The predicted molar refractivity (Wildman–Crippen MR) is 76.1 cm³/mol. The van der Waals surface area contributed by atoms with Crippen LogP contribution in [0.15, 0.2) is 6.07 Å². The number of anilines is 1. The molecule has 19 heavy (non-hydrogen) atoms. The van der Waals surface area contributed by atoms with Crippen LogP contribution >= 0.6 is 0 Å². The molecule has 1 aliphatic rings. The second-order valence-electron chi connectivity index (χ2n) is 6.29. The van der Waals surface area contributed by atoms with Crippen molar-refractivity contribution in [1.82, 2.24) is 14.6 Å². The van der Waals surface area contributed by atoms with Gasteiger partial charge in [-0.3, -0.25) is 0 Å². The Balaban J connectivity index is 2.27. The first kappa shape index (κ1) is 12.4. The van der Waals surface area contributed by atoms with E-state index in [0.29, 0.717) is 0 Å². The number of nitrogens with two attached hydrogens (primary N) is 1. The van der Waals surface area contributed by atoms with Crippen LogP contribution in [0.4, 0.5) is 5.82 Å². The first-order chi connectivity index (χ1) is 9.00. The second kappa shape index (κ2) is 4.20. The van der Waals surface area contributed by atoms with Crippen molar-refractivity contribution in [2.75, 3.05) is 5.43 Å². The average Bonchev–Trinajstić information content (AvgIpc) is 2.79. The third-order valence-electron chi connectivity index (χ3n) is 3.78. The van der Waals surface area contributed by atoms with Gasteiger partial charge in [-0.2, -0.15) is 9.61 Å². The zero-order valence-corrected chi connectivity index (χ0v) is 11.8. The standard InChI is InChI=1S/C14H21N5/c1-14(2,3)11-8-12-16-10-7-5-4-6-9(10)13(17-15)19(12)18-11/h8,17H,4-7,15H2,1-3H3. The molecule has 0 radical (unpaired) electrons. The molecule has 0 aliphatic heterocycles. The number of aromatic nitrogens is 3. The summed E-state index contributed by atoms with van der Waals surface area (Å²) in [6, 6.07) is 2.07. The third-order valence-corrected chi connectivity index (χ3v) is 3.78. The van der Waals surface area contributed by atoms with Gasteiger partial charge >= 0.3 is 0 Å². The summed E-state index contributed by atoms with van der Waals surface area (Å²) in [5.41, 5.74) is 7.17. The van der Waals surface area contributed by atoms with Crippen LogP contribution in [0.2, 0.25) is 0 Å². The molecular weight excluding hydrogens is 238 g/mol. The first-order valence-electron chi connectivity index (χ1n) is 6.89. The van der Waals surface area contributed by atoms with Crippen LogP contribution < -0.4 is 11.3 Å². The first-order valence-corrected chi connectivity index (χ1v) is 6.89. The van der Waals surface area contributed by atoms with E-state index in [0.717, 1.165) is 30.0 Å². The van der Waals surface area contributed by atoms with Crippen molar-refractivity contribution < 1.29 is 0 Å². The van der Waals surface area contributed by atoms with Crippen LogP contribution in [0.5, 0.6) is 0 Å². The molecule has 0 spiro atoms. The van der Waals surface area contributed by atoms with E-state index in [-0.39, 0.29) is 5.41 Å². The lowest BCUT2D eigenvalue weighted by atomic mass is 9.92. The van der Waals surface area contributed by atoms with Crippen LogP contribution in [0.1, 0.15) is 50.6 Å². The van der Waals surface area contributed by atoms with E-state index < -0.39 is 0 Å². The van der Waals surface area contributed by atoms with Gasteiger partial charge in [0, 0.05) is 22.7 Å². The molecule has 102 valence electrons. The van der Waals surface area contributed by atoms with Gasteiger partial charge in [0.05, 0.1) is 5.69 Å². The Morgan fingerprint density at radius 1 is 1.26 bits per heavy atom. The smallest absolute Gasteiger partial charge is 0.157 e. The second-order valence-corrected chi connectivity index (χ2v) is 6.29. The number of rotatable bonds is 1. The van der Waals surface area contributed by atoms with Crippen molar-refractivity contribution in [2.45, 2.75) is 51.9 Å². The van der Waals surface area contributed by atoms with E-state index in [9.17, 15) is 0 Å². The van der Waals surface area contributed by atoms with E-state index >= 15 is 0 Å². The van der Waals surface area contributed by atoms with Gasteiger partial charge in [0.2, 0.25) is 0 Å². The Labute approximate surface area is 113 Å². The Hall–Kier alpha value is -1.62. The van der Waals surface area contributed by atoms with Crippen molar-refractivity contribution in [1.29, 1.82) is 0 Å². The normalized spacial score (nSPS) is 15.6. The van der Waals surface area contributed by atoms with Gasteiger partial charge in [0.1, 0.15) is 5.82 Å². The topological polar surface area (TPSA) is 68.2 Å². The Bertz CT molecular complexity index is 621. The molecule has 3 rings (SSSR count). The van der Waals surface area contributed by atoms with Gasteiger partial charge in [0.15, 0.2) is 5.65 Å². The minimum Gasteiger partial charge on any atom is -0.308 e. The highest BCUT2D eigenvalue weighted by Gasteiger charge is 2.23. The number of aryl methyl sites for hydroxylation is 1. The van der Waals surface area contributed by atoms with E-state index in [1.54, 1.807) is 0 Å². The SMILES string of the molecule is CC(C)(C)c1cc2nc3c(c(NN)n2n1)CCCC3. The van der Waals surface area contributed by atoms with Crippen molar-refractivity contribution in [2.24, 2.45) is 5.84 Å². The predicted octanol–water partition coefficient (Wildman–Crippen LogP) is 2.19. The number of hydrogen-bond acceptors (Lipinski definition) is 4. The fraction of sp³-hybridized carbons (Fsp3) is 0.571. The van der Waals surface area contributed by atoms with Crippen molar-refractivity contribution in [3.63, 3.8) is 0 Å². The number of nitrogen functional groups attached to an aromatic ring is 1. The largest absolute Gasteiger partial charge is 0.308 e. The van der Waals surface area contributed by atoms with Gasteiger partial charge in [0.25, 0.3) is 0 Å². The summed E-state index contributed by atoms with van der Waals surface area (Å²) in [4.78, 5) is 4.76. The summed E-state index contributed by atoms with van der Waals surface area (Å²) in [6.07, 6.45) is 4.47. The molecule has 0 saturated heterocycles. The molecule has 0 aromatic carbocycles. The van der Waals surface area contributed by atoms with Gasteiger partial charge in [-0.15, -0.1) is 0 Å². The van der Waals surface area contributed by atoms with E-state index in [2.05, 4.69) is 37.4 Å². The molecule has 3 N–H and O–H groups in total. The van der Waals surface area contributed by atoms with Crippen LogP contribution in [0.3, 0.4) is 0 Å². The van der Waals surface area contributed by atoms with Crippen LogP contribution in [-0.2, 0) is 18.3 Å². The van der Waals surface area contributed by atoms with Crippen LogP contribution in [0.25, 0.3) is 5.65 Å². The minimum atomic E-state index is 0.0140. The third kappa shape index (κ3) is 1.98. The number of nitrogens with one attached hydrogen (secondary N) is 1. The summed E-state index contributed by atoms with van der Waals surface area (Å²) >= 11 is 0. The molecule has 0 bridgehead atoms. The molecule has 5 heteroatoms. The van der Waals surface area contributed by atoms with Crippen molar-refractivity contribution >= 4 is 11.5 Å². The van der Waals surface area contributed by atoms with Gasteiger partial charge in [-0.25, -0.2) is 10.8 Å². The number of hydrazine groups is 1. The maximum Gasteiger partial charge on any atom is 0.157 e. The highest BCUT2D eigenvalue weighted by Crippen LogP contribution is 2.29. The quantitative estimate of drug-likeness (QED) is 0.608. The summed E-state index contributed by atoms with van der Waals surface area (Å²) < 4.78 is 1.85. The Kier molecular flexibility index (Phi) is 2.74. The zero-order chi connectivity index (χ0) is 13.6. The Morgan fingerprint density at radius 3 is 2.68 bits per heavy atom. The molecule has 2 aromatic rings. The highest BCUT2D eigenvalue weighted by molar-refractivity contribution is 5.56. The van der Waals surface area contributed by atoms with Crippen molar-refractivity contribution in [3.05, 3.63) is 23.0 Å². The summed E-state index contributed by atoms with van der Waals surface area (Å²) in [5.74, 6) is 6.62. The maximum atomic E-state index is 5.72. The zero-order valence-electron chi connectivity index (χ0n) is 11.8. The van der Waals surface area contributed by atoms with E-state index in [1.165, 1.54) is 24.1 Å². The fourth-order valence-corrected chi connectivity index (χ4v) is 2.66. The maximum absolute atomic E-state index is 5.72. The molecule has 0 unspecified atom stereocenters. The Morgan fingerprint density at radius 2 is 2.00 bits per heavy atom. The number of fused-ring (bicyclic) bond motifs is 2. The lowest BCUT2D eigenvalue weighted by molar-refractivity contribution is 0.562. The lowest BCUT2D eigenvalue weighted by Crippen LogP contribution is -2.19. The highest BCUT2D eigenvalue weighted by atomic mass is 15.4. The van der Waals surface area contributed by atoms with Crippen molar-refractivity contribution in [3.8, 4) is 0 Å². The van der Waals surface area contributed by atoms with E-state index in [4.69, 9.17) is 10.8 Å². The molecule has 5 nitrogen and oxygen atoms in total. The van der Waals surface area contributed by atoms with Gasteiger partial charge in [-0.1, -0.05) is 20.8 Å². The number of nitrogens with zero attached hydrogens (tertiary/aromatic N) is 3. The molecule has 2 aromatic heterocycles. The molecular formula is C14H21N5. The fourth-order valence-electron chi connectivity index (χ4n) is 2.66. The van der Waals surface area contributed by atoms with Crippen LogP contribution in [0, 0.1) is 0 Å². The van der Waals surface area contributed by atoms with Gasteiger partial charge in [-0.05, 0) is 25.7 Å². The summed E-state index contributed by atoms with van der Waals surface area (Å²) in [7, 11) is 0. The molecule has 2 heterocycles. The summed E-state index contributed by atoms with van der Waals surface area (Å²) in [6.45, 7) is 6.47.